The van der Waals surface area contributed by atoms with Gasteiger partial charge in [-0.2, -0.15) is 13.2 Å². The molecule has 1 aromatic carbocycles. The highest BCUT2D eigenvalue weighted by molar-refractivity contribution is 6.31. The fraction of sp³-hybridized carbons (Fsp3) is 0.308. The van der Waals surface area contributed by atoms with Crippen LogP contribution in [0.1, 0.15) is 17.7 Å². The maximum Gasteiger partial charge on any atom is 0.431 e. The SMILES string of the molecule is COC(=O)CCc1c(C(F)(F)F)[nH]c2cc(Cl)ccc12. The number of fused-ring (bicyclic) bond motifs is 1. The van der Waals surface area contributed by atoms with Gasteiger partial charge in [-0.3, -0.25) is 4.79 Å². The highest BCUT2D eigenvalue weighted by Gasteiger charge is 2.36. The van der Waals surface area contributed by atoms with Crippen LogP contribution in [-0.2, 0) is 22.1 Å². The Hall–Kier alpha value is -1.69. The molecule has 0 atom stereocenters. The third-order valence-electron chi connectivity index (χ3n) is 2.96. The lowest BCUT2D eigenvalue weighted by Gasteiger charge is -2.07. The molecule has 0 fully saturated rings. The molecule has 108 valence electrons. The van der Waals surface area contributed by atoms with Crippen LogP contribution < -0.4 is 0 Å². The van der Waals surface area contributed by atoms with E-state index in [1.807, 2.05) is 0 Å². The molecule has 0 radical (unpaired) electrons. The third-order valence-corrected chi connectivity index (χ3v) is 3.19. The molecule has 0 aliphatic heterocycles. The molecule has 3 nitrogen and oxygen atoms in total. The van der Waals surface area contributed by atoms with E-state index in [4.69, 9.17) is 11.6 Å². The molecule has 1 N–H and O–H groups in total. The monoisotopic (exact) mass is 305 g/mol. The van der Waals surface area contributed by atoms with Crippen LogP contribution in [0, 0.1) is 0 Å². The summed E-state index contributed by atoms with van der Waals surface area (Å²) in [7, 11) is 1.20. The number of ether oxygens (including phenoxy) is 1. The molecule has 2 aromatic rings. The molecule has 0 bridgehead atoms. The average Bonchev–Trinajstić information content (AvgIpc) is 2.73. The zero-order valence-electron chi connectivity index (χ0n) is 10.5. The fourth-order valence-corrected chi connectivity index (χ4v) is 2.23. The Bertz CT molecular complexity index is 649. The molecule has 1 heterocycles. The minimum Gasteiger partial charge on any atom is -0.469 e. The van der Waals surface area contributed by atoms with Crippen molar-refractivity contribution in [3.63, 3.8) is 0 Å². The summed E-state index contributed by atoms with van der Waals surface area (Å²) in [4.78, 5) is 13.4. The number of nitrogens with one attached hydrogen (secondary N) is 1. The second-order valence-corrected chi connectivity index (χ2v) is 4.68. The van der Waals surface area contributed by atoms with Crippen LogP contribution in [0.4, 0.5) is 13.2 Å². The normalized spacial score (nSPS) is 11.8. The number of aromatic amines is 1. The van der Waals surface area contributed by atoms with E-state index in [0.717, 1.165) is 0 Å². The number of benzene rings is 1. The summed E-state index contributed by atoms with van der Waals surface area (Å²) in [6, 6.07) is 4.45. The number of hydrogen-bond donors (Lipinski definition) is 1. The molecule has 0 saturated carbocycles. The van der Waals surface area contributed by atoms with Gasteiger partial charge >= 0.3 is 12.1 Å². The third kappa shape index (κ3) is 2.90. The number of aryl methyl sites for hydroxylation is 1. The van der Waals surface area contributed by atoms with Crippen molar-refractivity contribution < 1.29 is 22.7 Å². The number of carbonyl (C=O) groups is 1. The summed E-state index contributed by atoms with van der Waals surface area (Å²) < 4.78 is 43.5. The molecule has 7 heteroatoms. The van der Waals surface area contributed by atoms with Crippen molar-refractivity contribution in [1.29, 1.82) is 0 Å². The Morgan fingerprint density at radius 1 is 1.40 bits per heavy atom. The number of rotatable bonds is 3. The van der Waals surface area contributed by atoms with E-state index in [1.165, 1.54) is 25.3 Å². The first-order valence-electron chi connectivity index (χ1n) is 5.77. The maximum atomic E-state index is 13.0. The van der Waals surface area contributed by atoms with Crippen molar-refractivity contribution in [1.82, 2.24) is 4.98 Å². The molecule has 1 aromatic heterocycles. The van der Waals surface area contributed by atoms with Gasteiger partial charge in [0, 0.05) is 22.3 Å². The molecule has 0 amide bonds. The van der Waals surface area contributed by atoms with E-state index in [0.29, 0.717) is 15.9 Å². The first-order chi connectivity index (χ1) is 9.32. The lowest BCUT2D eigenvalue weighted by Crippen LogP contribution is -2.10. The van der Waals surface area contributed by atoms with Gasteiger partial charge in [-0.1, -0.05) is 17.7 Å². The largest absolute Gasteiger partial charge is 0.469 e. The number of H-pyrrole nitrogens is 1. The summed E-state index contributed by atoms with van der Waals surface area (Å²) in [5, 5.41) is 0.748. The van der Waals surface area contributed by atoms with Gasteiger partial charge in [0.05, 0.1) is 7.11 Å². The van der Waals surface area contributed by atoms with Crippen LogP contribution in [0.15, 0.2) is 18.2 Å². The second kappa shape index (κ2) is 5.36. The van der Waals surface area contributed by atoms with Crippen LogP contribution in [0.5, 0.6) is 0 Å². The van der Waals surface area contributed by atoms with Crippen LogP contribution >= 0.6 is 11.6 Å². The van der Waals surface area contributed by atoms with E-state index >= 15 is 0 Å². The predicted octanol–water partition coefficient (Wildman–Crippen LogP) is 3.95. The molecule has 0 aliphatic rings. The smallest absolute Gasteiger partial charge is 0.431 e. The Labute approximate surface area is 117 Å². The molecule has 0 unspecified atom stereocenters. The van der Waals surface area contributed by atoms with Gasteiger partial charge in [0.25, 0.3) is 0 Å². The summed E-state index contributed by atoms with van der Waals surface area (Å²) in [5.41, 5.74) is -0.502. The average molecular weight is 306 g/mol. The number of esters is 1. The Morgan fingerprint density at radius 3 is 2.70 bits per heavy atom. The first kappa shape index (κ1) is 14.7. The summed E-state index contributed by atoms with van der Waals surface area (Å²) in [5.74, 6) is -0.554. The van der Waals surface area contributed by atoms with Crippen molar-refractivity contribution in [2.75, 3.05) is 7.11 Å². The maximum absolute atomic E-state index is 13.0. The van der Waals surface area contributed by atoms with Gasteiger partial charge in [-0.25, -0.2) is 0 Å². The van der Waals surface area contributed by atoms with E-state index in [1.54, 1.807) is 0 Å². The highest BCUT2D eigenvalue weighted by atomic mass is 35.5. The van der Waals surface area contributed by atoms with Crippen molar-refractivity contribution >= 4 is 28.5 Å². The van der Waals surface area contributed by atoms with Gasteiger partial charge in [-0.05, 0) is 24.1 Å². The van der Waals surface area contributed by atoms with Crippen molar-refractivity contribution in [3.8, 4) is 0 Å². The lowest BCUT2D eigenvalue weighted by atomic mass is 10.1. The van der Waals surface area contributed by atoms with Crippen LogP contribution in [0.3, 0.4) is 0 Å². The van der Waals surface area contributed by atoms with Gasteiger partial charge < -0.3 is 9.72 Å². The molecule has 20 heavy (non-hydrogen) atoms. The Morgan fingerprint density at radius 2 is 2.10 bits per heavy atom. The Balaban J connectivity index is 2.50. The number of hydrogen-bond acceptors (Lipinski definition) is 2. The van der Waals surface area contributed by atoms with Crippen LogP contribution in [-0.4, -0.2) is 18.1 Å². The van der Waals surface area contributed by atoms with E-state index in [2.05, 4.69) is 9.72 Å². The topological polar surface area (TPSA) is 42.1 Å². The fourth-order valence-electron chi connectivity index (χ4n) is 2.06. The molecule has 0 saturated heterocycles. The van der Waals surface area contributed by atoms with E-state index in [-0.39, 0.29) is 18.4 Å². The van der Waals surface area contributed by atoms with E-state index in [9.17, 15) is 18.0 Å². The molecule has 2 rings (SSSR count). The summed E-state index contributed by atoms with van der Waals surface area (Å²) in [6.07, 6.45) is -4.69. The quantitative estimate of drug-likeness (QED) is 0.873. The van der Waals surface area contributed by atoms with Gasteiger partial charge in [0.15, 0.2) is 0 Å². The molecule has 0 aliphatic carbocycles. The number of methoxy groups -OCH3 is 1. The minimum atomic E-state index is -4.52. The minimum absolute atomic E-state index is 0.0505. The van der Waals surface area contributed by atoms with Gasteiger partial charge in [-0.15, -0.1) is 0 Å². The zero-order chi connectivity index (χ0) is 14.9. The molecule has 0 spiro atoms. The van der Waals surface area contributed by atoms with Crippen molar-refractivity contribution in [2.24, 2.45) is 0 Å². The molecular weight excluding hydrogens is 295 g/mol. The summed E-state index contributed by atoms with van der Waals surface area (Å²) in [6.45, 7) is 0. The Kier molecular flexibility index (Phi) is 3.94. The number of carbonyl (C=O) groups excluding carboxylic acids is 1. The number of alkyl halides is 3. The van der Waals surface area contributed by atoms with Gasteiger partial charge in [0.2, 0.25) is 0 Å². The number of halogens is 4. The van der Waals surface area contributed by atoms with Crippen LogP contribution in [0.25, 0.3) is 10.9 Å². The predicted molar refractivity (Wildman–Crippen MR) is 68.6 cm³/mol. The molecular formula is C13H11ClF3NO2. The first-order valence-corrected chi connectivity index (χ1v) is 6.15. The van der Waals surface area contributed by atoms with Crippen molar-refractivity contribution in [3.05, 3.63) is 34.5 Å². The van der Waals surface area contributed by atoms with Crippen LogP contribution in [0.2, 0.25) is 5.02 Å². The van der Waals surface area contributed by atoms with Crippen molar-refractivity contribution in [2.45, 2.75) is 19.0 Å². The zero-order valence-corrected chi connectivity index (χ0v) is 11.2. The summed E-state index contributed by atoms with van der Waals surface area (Å²) >= 11 is 5.77. The standard InChI is InChI=1S/C13H11ClF3NO2/c1-20-11(19)5-4-9-8-3-2-7(14)6-10(8)18-12(9)13(15,16)17/h2-3,6,18H,4-5H2,1H3. The second-order valence-electron chi connectivity index (χ2n) is 4.24. The van der Waals surface area contributed by atoms with Gasteiger partial charge in [0.1, 0.15) is 5.69 Å². The number of aromatic nitrogens is 1. The van der Waals surface area contributed by atoms with E-state index < -0.39 is 17.8 Å². The highest BCUT2D eigenvalue weighted by Crippen LogP contribution is 2.36. The lowest BCUT2D eigenvalue weighted by molar-refractivity contribution is -0.143.